The summed E-state index contributed by atoms with van der Waals surface area (Å²) >= 11 is 3.16. The third-order valence-corrected chi connectivity index (χ3v) is 3.81. The van der Waals surface area contributed by atoms with Gasteiger partial charge in [0.25, 0.3) is 0 Å². The lowest BCUT2D eigenvalue weighted by atomic mass is 9.97. The number of Topliss-reactive ketones (excluding diaryl/α,β-unsaturated/α-hetero) is 1. The van der Waals surface area contributed by atoms with Crippen LogP contribution < -0.4 is 5.73 Å². The molecule has 2 atom stereocenters. The third kappa shape index (κ3) is 2.82. The summed E-state index contributed by atoms with van der Waals surface area (Å²) in [5.41, 5.74) is 6.39. The average Bonchev–Trinajstić information content (AvgIpc) is 2.72. The van der Waals surface area contributed by atoms with Crippen LogP contribution in [0, 0.1) is 11.7 Å². The van der Waals surface area contributed by atoms with Crippen LogP contribution in [0.25, 0.3) is 0 Å². The highest BCUT2D eigenvalue weighted by atomic mass is 79.9. The Morgan fingerprint density at radius 3 is 2.88 bits per heavy atom. The summed E-state index contributed by atoms with van der Waals surface area (Å²) in [4.78, 5) is 12.0. The van der Waals surface area contributed by atoms with Crippen LogP contribution in [0.5, 0.6) is 0 Å². The molecule has 0 saturated carbocycles. The molecule has 1 aromatic rings. The zero-order valence-corrected chi connectivity index (χ0v) is 10.8. The molecule has 1 aliphatic carbocycles. The minimum absolute atomic E-state index is 0.0279. The molecule has 17 heavy (non-hydrogen) atoms. The molecule has 0 bridgehead atoms. The van der Waals surface area contributed by atoms with Gasteiger partial charge in [-0.3, -0.25) is 4.79 Å². The highest BCUT2D eigenvalue weighted by Crippen LogP contribution is 2.24. The molecule has 0 saturated heterocycles. The number of benzene rings is 1. The zero-order valence-electron chi connectivity index (χ0n) is 9.20. The van der Waals surface area contributed by atoms with E-state index in [4.69, 9.17) is 5.73 Å². The van der Waals surface area contributed by atoms with Gasteiger partial charge >= 0.3 is 0 Å². The maximum absolute atomic E-state index is 13.3. The molecule has 0 fully saturated rings. The van der Waals surface area contributed by atoms with Crippen molar-refractivity contribution in [3.63, 3.8) is 0 Å². The molecule has 2 nitrogen and oxygen atoms in total. The number of ketones is 1. The molecule has 0 aromatic heterocycles. The second-order valence-electron chi connectivity index (χ2n) is 4.25. The fraction of sp³-hybridized carbons (Fsp3) is 0.308. The Balaban J connectivity index is 2.09. The fourth-order valence-corrected chi connectivity index (χ4v) is 2.37. The number of carbonyl (C=O) groups excluding carboxylic acids is 1. The average molecular weight is 298 g/mol. The first-order chi connectivity index (χ1) is 8.08. The lowest BCUT2D eigenvalue weighted by Gasteiger charge is -2.09. The number of hydrogen-bond acceptors (Lipinski definition) is 2. The van der Waals surface area contributed by atoms with Crippen molar-refractivity contribution in [3.8, 4) is 0 Å². The second-order valence-corrected chi connectivity index (χ2v) is 5.04. The van der Waals surface area contributed by atoms with Gasteiger partial charge in [0, 0.05) is 18.4 Å². The van der Waals surface area contributed by atoms with E-state index < -0.39 is 0 Å². The van der Waals surface area contributed by atoms with E-state index in [0.29, 0.717) is 16.5 Å². The maximum atomic E-state index is 13.3. The van der Waals surface area contributed by atoms with E-state index in [-0.39, 0.29) is 30.0 Å². The molecular formula is C13H13BrFNO. The Hall–Kier alpha value is -1.00. The van der Waals surface area contributed by atoms with Gasteiger partial charge in [0.15, 0.2) is 0 Å². The monoisotopic (exact) mass is 297 g/mol. The van der Waals surface area contributed by atoms with Gasteiger partial charge in [-0.15, -0.1) is 0 Å². The van der Waals surface area contributed by atoms with E-state index in [1.54, 1.807) is 12.1 Å². The van der Waals surface area contributed by atoms with Crippen LogP contribution in [0.4, 0.5) is 4.39 Å². The van der Waals surface area contributed by atoms with Gasteiger partial charge < -0.3 is 5.73 Å². The molecular weight excluding hydrogens is 285 g/mol. The number of nitrogens with two attached hydrogens (primary N) is 1. The lowest BCUT2D eigenvalue weighted by molar-refractivity contribution is -0.120. The Bertz CT molecular complexity index is 472. The topological polar surface area (TPSA) is 43.1 Å². The zero-order chi connectivity index (χ0) is 12.4. The normalized spacial score (nSPS) is 23.0. The van der Waals surface area contributed by atoms with Gasteiger partial charge in [-0.25, -0.2) is 4.39 Å². The molecule has 0 heterocycles. The summed E-state index contributed by atoms with van der Waals surface area (Å²) in [6.45, 7) is 0. The summed E-state index contributed by atoms with van der Waals surface area (Å²) in [6, 6.07) is 4.70. The van der Waals surface area contributed by atoms with E-state index in [0.717, 1.165) is 0 Å². The smallest absolute Gasteiger partial charge is 0.144 e. The van der Waals surface area contributed by atoms with E-state index in [2.05, 4.69) is 15.9 Å². The van der Waals surface area contributed by atoms with Gasteiger partial charge in [0.2, 0.25) is 0 Å². The Morgan fingerprint density at radius 2 is 2.24 bits per heavy atom. The molecule has 90 valence electrons. The SMILES string of the molecule is NC1C=CC(C(=O)Cc2cccc(F)c2Br)C1. The molecule has 4 heteroatoms. The molecule has 0 spiro atoms. The Labute approximate surface area is 108 Å². The maximum Gasteiger partial charge on any atom is 0.144 e. The van der Waals surface area contributed by atoms with Crippen molar-refractivity contribution in [3.05, 3.63) is 46.2 Å². The first-order valence-electron chi connectivity index (χ1n) is 5.47. The first-order valence-corrected chi connectivity index (χ1v) is 6.26. The van der Waals surface area contributed by atoms with Crippen molar-refractivity contribution in [2.45, 2.75) is 18.9 Å². The number of rotatable bonds is 3. The highest BCUT2D eigenvalue weighted by Gasteiger charge is 2.23. The van der Waals surface area contributed by atoms with Crippen LogP contribution in [0.2, 0.25) is 0 Å². The van der Waals surface area contributed by atoms with Crippen LogP contribution in [-0.2, 0) is 11.2 Å². The molecule has 0 aliphatic heterocycles. The van der Waals surface area contributed by atoms with E-state index in [9.17, 15) is 9.18 Å². The minimum atomic E-state index is -0.339. The van der Waals surface area contributed by atoms with E-state index in [1.807, 2.05) is 12.2 Å². The van der Waals surface area contributed by atoms with Crippen molar-refractivity contribution in [1.82, 2.24) is 0 Å². The summed E-state index contributed by atoms with van der Waals surface area (Å²) in [5.74, 6) is -0.380. The molecule has 0 amide bonds. The summed E-state index contributed by atoms with van der Waals surface area (Å²) in [6.07, 6.45) is 4.59. The van der Waals surface area contributed by atoms with Crippen LogP contribution in [-0.4, -0.2) is 11.8 Å². The van der Waals surface area contributed by atoms with Crippen molar-refractivity contribution in [2.75, 3.05) is 0 Å². The largest absolute Gasteiger partial charge is 0.324 e. The van der Waals surface area contributed by atoms with Crippen LogP contribution in [0.3, 0.4) is 0 Å². The van der Waals surface area contributed by atoms with Gasteiger partial charge in [-0.2, -0.15) is 0 Å². The van der Waals surface area contributed by atoms with Crippen molar-refractivity contribution in [1.29, 1.82) is 0 Å². The number of allylic oxidation sites excluding steroid dienone is 1. The van der Waals surface area contributed by atoms with E-state index in [1.165, 1.54) is 6.07 Å². The summed E-state index contributed by atoms with van der Waals surface area (Å²) in [7, 11) is 0. The highest BCUT2D eigenvalue weighted by molar-refractivity contribution is 9.10. The van der Waals surface area contributed by atoms with Crippen LogP contribution >= 0.6 is 15.9 Å². The predicted octanol–water partition coefficient (Wildman–Crippen LogP) is 2.60. The first kappa shape index (κ1) is 12.5. The molecule has 2 rings (SSSR count). The Kier molecular flexibility index (Phi) is 3.74. The minimum Gasteiger partial charge on any atom is -0.324 e. The van der Waals surface area contributed by atoms with Gasteiger partial charge in [0.05, 0.1) is 4.47 Å². The van der Waals surface area contributed by atoms with Crippen LogP contribution in [0.15, 0.2) is 34.8 Å². The second kappa shape index (κ2) is 5.10. The Morgan fingerprint density at radius 1 is 1.47 bits per heavy atom. The molecule has 2 N–H and O–H groups in total. The third-order valence-electron chi connectivity index (χ3n) is 2.93. The quantitative estimate of drug-likeness (QED) is 0.872. The summed E-state index contributed by atoms with van der Waals surface area (Å²) < 4.78 is 13.7. The number of hydrogen-bond donors (Lipinski definition) is 1. The molecule has 1 aromatic carbocycles. The van der Waals surface area contributed by atoms with Crippen molar-refractivity contribution in [2.24, 2.45) is 11.7 Å². The standard InChI is InChI=1S/C13H13BrFNO/c14-13-9(2-1-3-11(13)15)7-12(17)8-4-5-10(16)6-8/h1-5,8,10H,6-7,16H2. The van der Waals surface area contributed by atoms with Gasteiger partial charge in [0.1, 0.15) is 11.6 Å². The van der Waals surface area contributed by atoms with Gasteiger partial charge in [-0.05, 0) is 34.0 Å². The molecule has 1 aliphatic rings. The van der Waals surface area contributed by atoms with Gasteiger partial charge in [-0.1, -0.05) is 24.3 Å². The molecule has 0 radical (unpaired) electrons. The van der Waals surface area contributed by atoms with Crippen molar-refractivity contribution >= 4 is 21.7 Å². The lowest BCUT2D eigenvalue weighted by Crippen LogP contribution is -2.20. The van der Waals surface area contributed by atoms with Crippen molar-refractivity contribution < 1.29 is 9.18 Å². The van der Waals surface area contributed by atoms with Crippen LogP contribution in [0.1, 0.15) is 12.0 Å². The molecule has 2 unspecified atom stereocenters. The summed E-state index contributed by atoms with van der Waals surface area (Å²) in [5, 5.41) is 0. The predicted molar refractivity (Wildman–Crippen MR) is 68.0 cm³/mol. The van der Waals surface area contributed by atoms with E-state index >= 15 is 0 Å². The number of halogens is 2. The fourth-order valence-electron chi connectivity index (χ4n) is 1.97. The number of carbonyl (C=O) groups is 1.